The predicted octanol–water partition coefficient (Wildman–Crippen LogP) is 1.21. The van der Waals surface area contributed by atoms with Crippen LogP contribution in [0.3, 0.4) is 0 Å². The van der Waals surface area contributed by atoms with Crippen LogP contribution in [-0.4, -0.2) is 19.7 Å². The van der Waals surface area contributed by atoms with Crippen LogP contribution in [0.1, 0.15) is 5.69 Å². The van der Waals surface area contributed by atoms with Gasteiger partial charge < -0.3 is 5.73 Å². The summed E-state index contributed by atoms with van der Waals surface area (Å²) in [6, 6.07) is 1.86. The van der Waals surface area contributed by atoms with Gasteiger partial charge in [0.2, 0.25) is 0 Å². The Kier molecular flexibility index (Phi) is 2.09. The molecule has 0 amide bonds. The number of halogens is 1. The van der Waals surface area contributed by atoms with Gasteiger partial charge in [-0.3, -0.25) is 0 Å². The van der Waals surface area contributed by atoms with Gasteiger partial charge in [0.1, 0.15) is 17.2 Å². The van der Waals surface area contributed by atoms with E-state index in [9.17, 15) is 0 Å². The molecule has 14 heavy (non-hydrogen) atoms. The third kappa shape index (κ3) is 1.42. The maximum absolute atomic E-state index is 5.93. The molecule has 0 saturated heterocycles. The number of nitrogen functional groups attached to an aromatic ring is 1. The highest BCUT2D eigenvalue weighted by Crippen LogP contribution is 2.21. The average molecular weight is 210 g/mol. The number of hydrogen-bond donors (Lipinski definition) is 1. The van der Waals surface area contributed by atoms with Crippen molar-refractivity contribution in [1.29, 1.82) is 0 Å². The summed E-state index contributed by atoms with van der Waals surface area (Å²) in [5, 5.41) is 4.48. The lowest BCUT2D eigenvalue weighted by atomic mass is 10.5. The van der Waals surface area contributed by atoms with Gasteiger partial charge in [-0.1, -0.05) is 11.6 Å². The fraction of sp³-hybridized carbons (Fsp3) is 0.125. The Morgan fingerprint density at radius 2 is 2.21 bits per heavy atom. The van der Waals surface area contributed by atoms with Gasteiger partial charge in [0.25, 0.3) is 0 Å². The highest BCUT2D eigenvalue weighted by molar-refractivity contribution is 6.34. The van der Waals surface area contributed by atoms with Gasteiger partial charge in [0.15, 0.2) is 5.82 Å². The quantitative estimate of drug-likeness (QED) is 0.767. The van der Waals surface area contributed by atoms with Gasteiger partial charge >= 0.3 is 0 Å². The second-order valence-electron chi connectivity index (χ2n) is 2.80. The molecule has 0 aliphatic heterocycles. The largest absolute Gasteiger partial charge is 0.382 e. The van der Waals surface area contributed by atoms with E-state index in [2.05, 4.69) is 15.1 Å². The number of nitrogens with two attached hydrogens (primary N) is 1. The van der Waals surface area contributed by atoms with E-state index in [1.807, 2.05) is 13.0 Å². The summed E-state index contributed by atoms with van der Waals surface area (Å²) in [6.07, 6.45) is 3.12. The first-order valence-corrected chi connectivity index (χ1v) is 4.35. The van der Waals surface area contributed by atoms with Gasteiger partial charge in [-0.05, 0) is 13.0 Å². The Morgan fingerprint density at radius 3 is 2.86 bits per heavy atom. The van der Waals surface area contributed by atoms with E-state index in [1.165, 1.54) is 6.33 Å². The van der Waals surface area contributed by atoms with Gasteiger partial charge in [-0.15, -0.1) is 0 Å². The van der Waals surface area contributed by atoms with Gasteiger partial charge in [-0.2, -0.15) is 5.10 Å². The van der Waals surface area contributed by atoms with Crippen molar-refractivity contribution in [2.75, 3.05) is 5.73 Å². The maximum atomic E-state index is 5.93. The molecule has 0 saturated carbocycles. The number of aryl methyl sites for hydroxylation is 1. The minimum absolute atomic E-state index is 0.254. The summed E-state index contributed by atoms with van der Waals surface area (Å²) in [7, 11) is 0. The molecule has 0 atom stereocenters. The highest BCUT2D eigenvalue weighted by atomic mass is 35.5. The van der Waals surface area contributed by atoms with Crippen LogP contribution in [0.2, 0.25) is 5.02 Å². The smallest absolute Gasteiger partial charge is 0.177 e. The van der Waals surface area contributed by atoms with Crippen molar-refractivity contribution in [2.45, 2.75) is 6.92 Å². The molecule has 2 heterocycles. The molecule has 0 spiro atoms. The first-order valence-electron chi connectivity index (χ1n) is 3.97. The van der Waals surface area contributed by atoms with Gasteiger partial charge in [0.05, 0.1) is 5.69 Å². The maximum Gasteiger partial charge on any atom is 0.177 e. The zero-order valence-corrected chi connectivity index (χ0v) is 8.23. The monoisotopic (exact) mass is 209 g/mol. The second-order valence-corrected chi connectivity index (χ2v) is 3.18. The lowest BCUT2D eigenvalue weighted by Gasteiger charge is -2.03. The van der Waals surface area contributed by atoms with Crippen LogP contribution in [0, 0.1) is 6.92 Å². The third-order valence-electron chi connectivity index (χ3n) is 1.74. The Hall–Kier alpha value is -1.62. The van der Waals surface area contributed by atoms with E-state index >= 15 is 0 Å². The Balaban J connectivity index is 2.57. The topological polar surface area (TPSA) is 69.6 Å². The molecule has 2 N–H and O–H groups in total. The fourth-order valence-electron chi connectivity index (χ4n) is 1.07. The first-order chi connectivity index (χ1) is 6.68. The van der Waals surface area contributed by atoms with E-state index in [4.69, 9.17) is 17.3 Å². The molecule has 5 nitrogen and oxygen atoms in total. The molecule has 2 aromatic rings. The Morgan fingerprint density at radius 1 is 1.43 bits per heavy atom. The number of rotatable bonds is 1. The number of anilines is 1. The third-order valence-corrected chi connectivity index (χ3v) is 2.10. The van der Waals surface area contributed by atoms with E-state index in [0.29, 0.717) is 10.8 Å². The zero-order chi connectivity index (χ0) is 10.1. The van der Waals surface area contributed by atoms with Crippen LogP contribution in [-0.2, 0) is 0 Å². The fourth-order valence-corrected chi connectivity index (χ4v) is 1.25. The van der Waals surface area contributed by atoms with Crippen LogP contribution in [0.4, 0.5) is 5.82 Å². The summed E-state index contributed by atoms with van der Waals surface area (Å²) in [5.41, 5.74) is 6.43. The van der Waals surface area contributed by atoms with Crippen molar-refractivity contribution in [3.63, 3.8) is 0 Å². The molecule has 0 bridgehead atoms. The van der Waals surface area contributed by atoms with Crippen LogP contribution >= 0.6 is 11.6 Å². The van der Waals surface area contributed by atoms with E-state index in [1.54, 1.807) is 10.9 Å². The molecule has 2 rings (SSSR count). The molecular weight excluding hydrogens is 202 g/mol. The van der Waals surface area contributed by atoms with Gasteiger partial charge in [0, 0.05) is 6.20 Å². The van der Waals surface area contributed by atoms with Gasteiger partial charge in [-0.25, -0.2) is 14.6 Å². The summed E-state index contributed by atoms with van der Waals surface area (Å²) >= 11 is 5.93. The first kappa shape index (κ1) is 8.96. The average Bonchev–Trinajstić information content (AvgIpc) is 2.57. The van der Waals surface area contributed by atoms with Crippen molar-refractivity contribution in [1.82, 2.24) is 19.7 Å². The molecule has 2 aromatic heterocycles. The normalized spacial score (nSPS) is 10.4. The van der Waals surface area contributed by atoms with Crippen LogP contribution < -0.4 is 5.73 Å². The van der Waals surface area contributed by atoms with Crippen molar-refractivity contribution < 1.29 is 0 Å². The second kappa shape index (κ2) is 3.26. The van der Waals surface area contributed by atoms with Crippen molar-refractivity contribution in [2.24, 2.45) is 0 Å². The summed E-state index contributed by atoms with van der Waals surface area (Å²) < 4.78 is 1.57. The summed E-state index contributed by atoms with van der Waals surface area (Å²) in [4.78, 5) is 7.77. The summed E-state index contributed by atoms with van der Waals surface area (Å²) in [6.45, 7) is 1.88. The lowest BCUT2D eigenvalue weighted by molar-refractivity contribution is 0.827. The predicted molar refractivity (Wildman–Crippen MR) is 53.3 cm³/mol. The minimum Gasteiger partial charge on any atom is -0.382 e. The number of aromatic nitrogens is 4. The molecule has 0 aliphatic carbocycles. The van der Waals surface area contributed by atoms with E-state index in [-0.39, 0.29) is 5.82 Å². The van der Waals surface area contributed by atoms with Crippen LogP contribution in [0.5, 0.6) is 0 Å². The molecule has 0 unspecified atom stereocenters. The van der Waals surface area contributed by atoms with Crippen LogP contribution in [0.25, 0.3) is 5.82 Å². The zero-order valence-electron chi connectivity index (χ0n) is 7.48. The molecule has 0 aromatic carbocycles. The Labute approximate surface area is 85.5 Å². The molecule has 0 radical (unpaired) electrons. The minimum atomic E-state index is 0.254. The molecule has 0 aliphatic rings. The van der Waals surface area contributed by atoms with Crippen LogP contribution in [0.15, 0.2) is 18.6 Å². The standard InChI is InChI=1S/C8H8ClN5/c1-5-2-3-14(13-5)8-6(9)7(10)11-4-12-8/h2-4H,1H3,(H2,10,11,12). The van der Waals surface area contributed by atoms with Crippen molar-refractivity contribution in [3.05, 3.63) is 29.3 Å². The molecule has 6 heteroatoms. The van der Waals surface area contributed by atoms with E-state index in [0.717, 1.165) is 5.69 Å². The number of nitrogens with zero attached hydrogens (tertiary/aromatic N) is 4. The molecule has 72 valence electrons. The van der Waals surface area contributed by atoms with Crippen molar-refractivity contribution >= 4 is 17.4 Å². The Bertz CT molecular complexity index is 465. The highest BCUT2D eigenvalue weighted by Gasteiger charge is 2.08. The summed E-state index contributed by atoms with van der Waals surface area (Å²) in [5.74, 6) is 0.747. The molecular formula is C8H8ClN5. The number of hydrogen-bond acceptors (Lipinski definition) is 4. The molecule has 0 fully saturated rings. The SMILES string of the molecule is Cc1ccn(-c2ncnc(N)c2Cl)n1. The lowest BCUT2D eigenvalue weighted by Crippen LogP contribution is -2.03. The van der Waals surface area contributed by atoms with E-state index < -0.39 is 0 Å². The van der Waals surface area contributed by atoms with Crippen molar-refractivity contribution in [3.8, 4) is 5.82 Å².